The highest BCUT2D eigenvalue weighted by Gasteiger charge is 2.17. The zero-order valence-corrected chi connectivity index (χ0v) is 12.9. The Kier molecular flexibility index (Phi) is 4.91. The van der Waals surface area contributed by atoms with Crippen LogP contribution >= 0.6 is 34.8 Å². The minimum Gasteiger partial charge on any atom is -0.375 e. The molecule has 0 heterocycles. The molecule has 2 rings (SSSR count). The van der Waals surface area contributed by atoms with Crippen LogP contribution in [0.3, 0.4) is 0 Å². The lowest BCUT2D eigenvalue weighted by atomic mass is 10.1. The molecule has 0 aromatic heterocycles. The molecule has 0 spiro atoms. The smallest absolute Gasteiger partial charge is 0.150 e. The van der Waals surface area contributed by atoms with Gasteiger partial charge in [0.15, 0.2) is 5.82 Å². The van der Waals surface area contributed by atoms with Gasteiger partial charge in [-0.05, 0) is 30.7 Å². The van der Waals surface area contributed by atoms with Crippen LogP contribution in [0.25, 0.3) is 0 Å². The Hall–Kier alpha value is -1.10. The van der Waals surface area contributed by atoms with Gasteiger partial charge in [-0.25, -0.2) is 13.2 Å². The van der Waals surface area contributed by atoms with Crippen molar-refractivity contribution in [3.8, 4) is 0 Å². The van der Waals surface area contributed by atoms with E-state index in [0.717, 1.165) is 12.1 Å². The summed E-state index contributed by atoms with van der Waals surface area (Å²) in [5.74, 6) is -2.28. The predicted octanol–water partition coefficient (Wildman–Crippen LogP) is 6.24. The summed E-state index contributed by atoms with van der Waals surface area (Å²) in [5, 5.41) is 2.73. The van der Waals surface area contributed by atoms with Gasteiger partial charge in [0.1, 0.15) is 11.6 Å². The standard InChI is InChI=1S/C14H9Cl3F3N/c1-6(8-4-12(19)10(16)5-9(8)15)21-14-11(17)2-7(18)3-13(14)20/h2-6,21H,1H3. The molecule has 2 aromatic rings. The van der Waals surface area contributed by atoms with Crippen LogP contribution in [0.1, 0.15) is 18.5 Å². The van der Waals surface area contributed by atoms with Gasteiger partial charge >= 0.3 is 0 Å². The predicted molar refractivity (Wildman–Crippen MR) is 79.8 cm³/mol. The molecule has 0 fully saturated rings. The molecule has 0 aliphatic carbocycles. The van der Waals surface area contributed by atoms with Crippen LogP contribution in [-0.2, 0) is 0 Å². The van der Waals surface area contributed by atoms with Crippen molar-refractivity contribution in [3.63, 3.8) is 0 Å². The van der Waals surface area contributed by atoms with E-state index in [1.54, 1.807) is 6.92 Å². The molecule has 0 saturated carbocycles. The summed E-state index contributed by atoms with van der Waals surface area (Å²) in [6, 6.07) is 3.52. The maximum atomic E-state index is 13.7. The highest BCUT2D eigenvalue weighted by Crippen LogP contribution is 2.33. The first-order valence-corrected chi connectivity index (χ1v) is 6.98. The van der Waals surface area contributed by atoms with Gasteiger partial charge in [0.05, 0.1) is 21.8 Å². The number of hydrogen-bond acceptors (Lipinski definition) is 1. The summed E-state index contributed by atoms with van der Waals surface area (Å²) in [6.07, 6.45) is 0. The molecule has 0 aliphatic heterocycles. The van der Waals surface area contributed by atoms with Crippen LogP contribution in [0.2, 0.25) is 15.1 Å². The topological polar surface area (TPSA) is 12.0 Å². The fraction of sp³-hybridized carbons (Fsp3) is 0.143. The van der Waals surface area contributed by atoms with Crippen molar-refractivity contribution < 1.29 is 13.2 Å². The van der Waals surface area contributed by atoms with E-state index in [1.807, 2.05) is 0 Å². The van der Waals surface area contributed by atoms with Crippen molar-refractivity contribution in [3.05, 3.63) is 62.3 Å². The summed E-state index contributed by atoms with van der Waals surface area (Å²) in [7, 11) is 0. The average molecular weight is 355 g/mol. The van der Waals surface area contributed by atoms with Crippen molar-refractivity contribution in [2.45, 2.75) is 13.0 Å². The van der Waals surface area contributed by atoms with Crippen molar-refractivity contribution in [1.82, 2.24) is 0 Å². The van der Waals surface area contributed by atoms with E-state index in [-0.39, 0.29) is 20.8 Å². The summed E-state index contributed by atoms with van der Waals surface area (Å²) < 4.78 is 40.2. The van der Waals surface area contributed by atoms with E-state index in [0.29, 0.717) is 11.6 Å². The minimum absolute atomic E-state index is 0.0861. The van der Waals surface area contributed by atoms with Crippen LogP contribution in [0.15, 0.2) is 24.3 Å². The zero-order chi connectivity index (χ0) is 15.7. The maximum Gasteiger partial charge on any atom is 0.150 e. The molecule has 21 heavy (non-hydrogen) atoms. The Labute approximate surface area is 134 Å². The summed E-state index contributed by atoms with van der Waals surface area (Å²) in [5.41, 5.74) is 0.287. The van der Waals surface area contributed by atoms with Gasteiger partial charge in [-0.2, -0.15) is 0 Å². The maximum absolute atomic E-state index is 13.7. The molecular weight excluding hydrogens is 346 g/mol. The first kappa shape index (κ1) is 16.3. The molecule has 0 radical (unpaired) electrons. The largest absolute Gasteiger partial charge is 0.375 e. The second-order valence-electron chi connectivity index (χ2n) is 4.40. The average Bonchev–Trinajstić information content (AvgIpc) is 2.37. The molecule has 0 amide bonds. The highest BCUT2D eigenvalue weighted by molar-refractivity contribution is 6.35. The number of halogens is 6. The number of anilines is 1. The Bertz CT molecular complexity index is 668. The van der Waals surface area contributed by atoms with Gasteiger partial charge in [0, 0.05) is 11.1 Å². The highest BCUT2D eigenvalue weighted by atomic mass is 35.5. The van der Waals surface area contributed by atoms with E-state index in [4.69, 9.17) is 34.8 Å². The molecule has 0 saturated heterocycles. The molecule has 1 nitrogen and oxygen atoms in total. The van der Waals surface area contributed by atoms with Gasteiger partial charge < -0.3 is 5.32 Å². The van der Waals surface area contributed by atoms with Crippen LogP contribution < -0.4 is 5.32 Å². The van der Waals surface area contributed by atoms with E-state index in [1.165, 1.54) is 6.07 Å². The number of rotatable bonds is 3. The van der Waals surface area contributed by atoms with E-state index >= 15 is 0 Å². The fourth-order valence-corrected chi connectivity index (χ4v) is 2.64. The van der Waals surface area contributed by atoms with Crippen molar-refractivity contribution >= 4 is 40.5 Å². The molecule has 112 valence electrons. The number of hydrogen-bond donors (Lipinski definition) is 1. The van der Waals surface area contributed by atoms with Gasteiger partial charge in [0.25, 0.3) is 0 Å². The lowest BCUT2D eigenvalue weighted by Crippen LogP contribution is -2.10. The second kappa shape index (κ2) is 6.34. The molecule has 0 aliphatic rings. The third kappa shape index (κ3) is 3.57. The molecule has 7 heteroatoms. The lowest BCUT2D eigenvalue weighted by molar-refractivity contribution is 0.583. The fourth-order valence-electron chi connectivity index (χ4n) is 1.84. The van der Waals surface area contributed by atoms with Crippen LogP contribution in [-0.4, -0.2) is 0 Å². The van der Waals surface area contributed by atoms with Gasteiger partial charge in [-0.15, -0.1) is 0 Å². The molecule has 1 atom stereocenters. The molecular formula is C14H9Cl3F3N. The second-order valence-corrected chi connectivity index (χ2v) is 5.62. The van der Waals surface area contributed by atoms with Crippen LogP contribution in [0.4, 0.5) is 18.9 Å². The Morgan fingerprint density at radius 3 is 2.14 bits per heavy atom. The third-order valence-corrected chi connectivity index (χ3v) is 3.79. The molecule has 1 N–H and O–H groups in total. The molecule has 2 aromatic carbocycles. The number of benzene rings is 2. The third-order valence-electron chi connectivity index (χ3n) is 2.87. The Balaban J connectivity index is 2.35. The van der Waals surface area contributed by atoms with Gasteiger partial charge in [0.2, 0.25) is 0 Å². The lowest BCUT2D eigenvalue weighted by Gasteiger charge is -2.19. The summed E-state index contributed by atoms with van der Waals surface area (Å²) in [4.78, 5) is 0. The molecule has 0 bridgehead atoms. The van der Waals surface area contributed by atoms with Crippen LogP contribution in [0, 0.1) is 17.5 Å². The SMILES string of the molecule is CC(Nc1c(F)cc(F)cc1Cl)c1cc(F)c(Cl)cc1Cl. The summed E-state index contributed by atoms with van der Waals surface area (Å²) >= 11 is 17.4. The summed E-state index contributed by atoms with van der Waals surface area (Å²) in [6.45, 7) is 1.63. The number of nitrogens with one attached hydrogen (secondary N) is 1. The quantitative estimate of drug-likeness (QED) is 0.644. The zero-order valence-electron chi connectivity index (χ0n) is 10.7. The monoisotopic (exact) mass is 353 g/mol. The van der Waals surface area contributed by atoms with Gasteiger partial charge in [-0.3, -0.25) is 0 Å². The first-order valence-electron chi connectivity index (χ1n) is 5.85. The van der Waals surface area contributed by atoms with E-state index in [2.05, 4.69) is 5.32 Å². The first-order chi connectivity index (χ1) is 9.79. The Morgan fingerprint density at radius 1 is 0.857 bits per heavy atom. The van der Waals surface area contributed by atoms with E-state index < -0.39 is 23.5 Å². The minimum atomic E-state index is -0.850. The van der Waals surface area contributed by atoms with Gasteiger partial charge in [-0.1, -0.05) is 34.8 Å². The van der Waals surface area contributed by atoms with E-state index in [9.17, 15) is 13.2 Å². The normalized spacial score (nSPS) is 12.3. The van der Waals surface area contributed by atoms with Crippen molar-refractivity contribution in [1.29, 1.82) is 0 Å². The Morgan fingerprint density at radius 2 is 1.52 bits per heavy atom. The van der Waals surface area contributed by atoms with Crippen molar-refractivity contribution in [2.75, 3.05) is 5.32 Å². The van der Waals surface area contributed by atoms with Crippen LogP contribution in [0.5, 0.6) is 0 Å². The molecule has 1 unspecified atom stereocenters. The van der Waals surface area contributed by atoms with Crippen molar-refractivity contribution in [2.24, 2.45) is 0 Å².